The number of Topliss-reactive ketones (excluding diaryl/α,β-unsaturated/α-hetero) is 1. The smallest absolute Gasteiger partial charge is 0.161 e. The van der Waals surface area contributed by atoms with Crippen LogP contribution < -0.4 is 5.32 Å². The normalized spacial score (nSPS) is 24.3. The fraction of sp³-hybridized carbons (Fsp3) is 0.353. The predicted molar refractivity (Wildman–Crippen MR) is 92.3 cm³/mol. The number of thioether (sulfide) groups is 1. The lowest BCUT2D eigenvalue weighted by Crippen LogP contribution is -2.30. The van der Waals surface area contributed by atoms with E-state index in [1.165, 1.54) is 10.6 Å². The van der Waals surface area contributed by atoms with Crippen molar-refractivity contribution in [2.24, 2.45) is 0 Å². The highest BCUT2D eigenvalue weighted by atomic mass is 35.5. The Bertz CT molecular complexity index is 738. The van der Waals surface area contributed by atoms with Crippen molar-refractivity contribution in [3.8, 4) is 0 Å². The van der Waals surface area contributed by atoms with Crippen LogP contribution in [0.25, 0.3) is 0 Å². The van der Waals surface area contributed by atoms with Crippen LogP contribution in [0.3, 0.4) is 0 Å². The molecule has 0 bridgehead atoms. The maximum absolute atomic E-state index is 12.6. The van der Waals surface area contributed by atoms with Crippen LogP contribution in [0.15, 0.2) is 40.1 Å². The molecule has 0 spiro atoms. The number of halogens is 2. The molecule has 1 atom stereocenters. The summed E-state index contributed by atoms with van der Waals surface area (Å²) in [5.41, 5.74) is 4.42. The molecule has 0 fully saturated rings. The maximum Gasteiger partial charge on any atom is 0.161 e. The molecule has 22 heavy (non-hydrogen) atoms. The summed E-state index contributed by atoms with van der Waals surface area (Å²) in [6, 6.07) is 5.74. The minimum Gasteiger partial charge on any atom is -0.361 e. The van der Waals surface area contributed by atoms with E-state index in [4.69, 9.17) is 23.2 Å². The van der Waals surface area contributed by atoms with Crippen molar-refractivity contribution in [1.29, 1.82) is 0 Å². The lowest BCUT2D eigenvalue weighted by atomic mass is 9.79. The molecule has 2 heterocycles. The molecule has 5 heteroatoms. The summed E-state index contributed by atoms with van der Waals surface area (Å²) < 4.78 is 0. The maximum atomic E-state index is 12.6. The van der Waals surface area contributed by atoms with Crippen molar-refractivity contribution in [1.82, 2.24) is 5.32 Å². The van der Waals surface area contributed by atoms with Crippen molar-refractivity contribution >= 4 is 40.7 Å². The number of ketones is 1. The molecule has 0 radical (unpaired) electrons. The van der Waals surface area contributed by atoms with Gasteiger partial charge in [0.15, 0.2) is 5.78 Å². The summed E-state index contributed by atoms with van der Waals surface area (Å²) in [7, 11) is 0. The van der Waals surface area contributed by atoms with Crippen molar-refractivity contribution in [2.45, 2.75) is 31.6 Å². The first-order valence-electron chi connectivity index (χ1n) is 7.49. The summed E-state index contributed by atoms with van der Waals surface area (Å²) in [4.78, 5) is 13.8. The van der Waals surface area contributed by atoms with E-state index in [0.717, 1.165) is 41.8 Å². The van der Waals surface area contributed by atoms with Crippen LogP contribution in [0.2, 0.25) is 10.0 Å². The van der Waals surface area contributed by atoms with Crippen LogP contribution in [0, 0.1) is 0 Å². The highest BCUT2D eigenvalue weighted by Crippen LogP contribution is 2.50. The number of carbonyl (C=O) groups is 1. The molecule has 0 saturated heterocycles. The predicted octanol–water partition coefficient (Wildman–Crippen LogP) is 5.04. The van der Waals surface area contributed by atoms with Crippen LogP contribution in [0.5, 0.6) is 0 Å². The fourth-order valence-corrected chi connectivity index (χ4v) is 5.09. The molecule has 1 aromatic carbocycles. The van der Waals surface area contributed by atoms with Crippen molar-refractivity contribution in [3.63, 3.8) is 0 Å². The molecule has 114 valence electrons. The van der Waals surface area contributed by atoms with E-state index in [2.05, 4.69) is 5.32 Å². The van der Waals surface area contributed by atoms with Gasteiger partial charge in [-0.15, -0.1) is 11.8 Å². The van der Waals surface area contributed by atoms with Gasteiger partial charge in [0.1, 0.15) is 0 Å². The number of dihydropyridines is 1. The van der Waals surface area contributed by atoms with Crippen molar-refractivity contribution < 1.29 is 4.79 Å². The number of hydrogen-bond acceptors (Lipinski definition) is 3. The third-order valence-electron chi connectivity index (χ3n) is 4.49. The first-order valence-corrected chi connectivity index (χ1v) is 9.23. The van der Waals surface area contributed by atoms with Gasteiger partial charge in [-0.25, -0.2) is 0 Å². The lowest BCUT2D eigenvalue weighted by Gasteiger charge is -2.33. The highest BCUT2D eigenvalue weighted by Gasteiger charge is 2.38. The van der Waals surface area contributed by atoms with E-state index in [9.17, 15) is 4.79 Å². The Kier molecular flexibility index (Phi) is 3.75. The van der Waals surface area contributed by atoms with Crippen LogP contribution in [0.1, 0.15) is 37.2 Å². The summed E-state index contributed by atoms with van der Waals surface area (Å²) in [6.07, 6.45) is 3.59. The van der Waals surface area contributed by atoms with Gasteiger partial charge < -0.3 is 5.32 Å². The Morgan fingerprint density at radius 3 is 2.77 bits per heavy atom. The molecule has 0 aromatic heterocycles. The number of carbonyl (C=O) groups excluding carboxylic acids is 1. The second kappa shape index (κ2) is 5.63. The zero-order valence-electron chi connectivity index (χ0n) is 11.9. The van der Waals surface area contributed by atoms with Crippen LogP contribution >= 0.6 is 35.0 Å². The Balaban J connectivity index is 1.87. The zero-order valence-corrected chi connectivity index (χ0v) is 14.2. The first-order chi connectivity index (χ1) is 10.6. The van der Waals surface area contributed by atoms with Crippen molar-refractivity contribution in [2.75, 3.05) is 5.75 Å². The molecule has 1 aromatic rings. The number of hydrogen-bond donors (Lipinski definition) is 1. The minimum atomic E-state index is 0.0290. The van der Waals surface area contributed by atoms with Gasteiger partial charge in [0.05, 0.1) is 10.0 Å². The number of allylic oxidation sites excluding steroid dienone is 4. The number of nitrogens with one attached hydrogen (secondary N) is 1. The first kappa shape index (κ1) is 14.7. The van der Waals surface area contributed by atoms with Gasteiger partial charge in [0.25, 0.3) is 0 Å². The molecular weight excluding hydrogens is 337 g/mol. The number of rotatable bonds is 1. The second-order valence-electron chi connectivity index (χ2n) is 5.84. The molecule has 1 aliphatic carbocycles. The highest BCUT2D eigenvalue weighted by molar-refractivity contribution is 8.03. The summed E-state index contributed by atoms with van der Waals surface area (Å²) in [5, 5.41) is 4.63. The van der Waals surface area contributed by atoms with Crippen LogP contribution in [-0.2, 0) is 4.79 Å². The van der Waals surface area contributed by atoms with E-state index in [1.54, 1.807) is 0 Å². The van der Waals surface area contributed by atoms with Gasteiger partial charge in [-0.05, 0) is 37.0 Å². The molecule has 3 aliphatic rings. The van der Waals surface area contributed by atoms with Gasteiger partial charge in [0.2, 0.25) is 0 Å². The monoisotopic (exact) mass is 351 g/mol. The second-order valence-corrected chi connectivity index (χ2v) is 7.79. The van der Waals surface area contributed by atoms with Gasteiger partial charge in [-0.3, -0.25) is 4.79 Å². The standard InChI is InChI=1S/C17H15Cl2NOS/c18-10-5-4-9(8-11(10)19)15-16-12(2-1-3-14(16)21)20-13-6-7-22-17(13)15/h4-5,8,15,20H,1-3,6-7H2/t15-/m1/s1. The minimum absolute atomic E-state index is 0.0290. The largest absolute Gasteiger partial charge is 0.361 e. The Morgan fingerprint density at radius 1 is 1.09 bits per heavy atom. The van der Waals surface area contributed by atoms with Gasteiger partial charge in [-0.2, -0.15) is 0 Å². The topological polar surface area (TPSA) is 29.1 Å². The molecule has 0 amide bonds. The summed E-state index contributed by atoms with van der Waals surface area (Å²) >= 11 is 14.1. The third kappa shape index (κ3) is 2.31. The molecule has 2 aliphatic heterocycles. The van der Waals surface area contributed by atoms with E-state index in [1.807, 2.05) is 30.0 Å². The van der Waals surface area contributed by atoms with E-state index in [0.29, 0.717) is 16.5 Å². The van der Waals surface area contributed by atoms with Crippen LogP contribution in [-0.4, -0.2) is 11.5 Å². The Hall–Kier alpha value is -0.900. The summed E-state index contributed by atoms with van der Waals surface area (Å²) in [5.74, 6) is 1.37. The Morgan fingerprint density at radius 2 is 1.95 bits per heavy atom. The molecule has 0 saturated carbocycles. The lowest BCUT2D eigenvalue weighted by molar-refractivity contribution is -0.116. The quantitative estimate of drug-likeness (QED) is 0.768. The summed E-state index contributed by atoms with van der Waals surface area (Å²) in [6.45, 7) is 0. The molecule has 1 N–H and O–H groups in total. The van der Waals surface area contributed by atoms with Crippen LogP contribution in [0.4, 0.5) is 0 Å². The van der Waals surface area contributed by atoms with E-state index >= 15 is 0 Å². The molecule has 0 unspecified atom stereocenters. The van der Waals surface area contributed by atoms with E-state index in [-0.39, 0.29) is 11.7 Å². The Labute approximate surface area is 143 Å². The SMILES string of the molecule is O=C1CCCC2=C1[C@@H](c1ccc(Cl)c(Cl)c1)C1=C(CCS1)N2. The van der Waals surface area contributed by atoms with Gasteiger partial charge >= 0.3 is 0 Å². The van der Waals surface area contributed by atoms with Gasteiger partial charge in [-0.1, -0.05) is 29.3 Å². The van der Waals surface area contributed by atoms with Gasteiger partial charge in [0, 0.05) is 40.0 Å². The molecule has 2 nitrogen and oxygen atoms in total. The fourth-order valence-electron chi connectivity index (χ4n) is 3.51. The van der Waals surface area contributed by atoms with Crippen molar-refractivity contribution in [3.05, 3.63) is 55.7 Å². The third-order valence-corrected chi connectivity index (χ3v) is 6.43. The molecule has 4 rings (SSSR count). The zero-order chi connectivity index (χ0) is 15.3. The van der Waals surface area contributed by atoms with E-state index < -0.39 is 0 Å². The molecular formula is C17H15Cl2NOS. The average molecular weight is 352 g/mol. The average Bonchev–Trinajstić information content (AvgIpc) is 2.96. The number of benzene rings is 1.